The topological polar surface area (TPSA) is 69.4 Å². The van der Waals surface area contributed by atoms with E-state index < -0.39 is 18.1 Å². The molecule has 0 amide bonds. The summed E-state index contributed by atoms with van der Waals surface area (Å²) in [7, 11) is 0. The van der Waals surface area contributed by atoms with Crippen molar-refractivity contribution in [3.05, 3.63) is 35.4 Å². The highest BCUT2D eigenvalue weighted by Gasteiger charge is 2.42. The van der Waals surface area contributed by atoms with Crippen LogP contribution in [-0.2, 0) is 16.1 Å². The van der Waals surface area contributed by atoms with Crippen molar-refractivity contribution < 1.29 is 27.5 Å². The quantitative estimate of drug-likeness (QED) is 0.633. The first kappa shape index (κ1) is 13.2. The molecule has 1 aromatic rings. The molecular formula is C10H8F3NO3. The smallest absolute Gasteiger partial charge is 0.383 e. The summed E-state index contributed by atoms with van der Waals surface area (Å²) in [5, 5.41) is 0. The minimum atomic E-state index is -5.19. The highest BCUT2D eigenvalue weighted by atomic mass is 19.4. The van der Waals surface area contributed by atoms with E-state index in [0.29, 0.717) is 5.56 Å². The molecule has 0 aliphatic carbocycles. The molecule has 0 saturated heterocycles. The number of hydrogen-bond donors (Lipinski definition) is 1. The first-order valence-corrected chi connectivity index (χ1v) is 4.47. The molecule has 7 heteroatoms. The molecule has 0 heterocycles. The molecule has 0 aromatic heterocycles. The van der Waals surface area contributed by atoms with Gasteiger partial charge in [0.2, 0.25) is 0 Å². The zero-order valence-corrected chi connectivity index (χ0v) is 8.45. The van der Waals surface area contributed by atoms with Gasteiger partial charge in [0.05, 0.1) is 5.56 Å². The lowest BCUT2D eigenvalue weighted by molar-refractivity contribution is -0.193. The second kappa shape index (κ2) is 4.96. The van der Waals surface area contributed by atoms with Crippen LogP contribution in [0.3, 0.4) is 0 Å². The number of benzene rings is 1. The Labute approximate surface area is 94.2 Å². The van der Waals surface area contributed by atoms with Gasteiger partial charge in [0.25, 0.3) is 0 Å². The van der Waals surface area contributed by atoms with Crippen LogP contribution in [0.2, 0.25) is 0 Å². The Morgan fingerprint density at radius 1 is 1.18 bits per heavy atom. The van der Waals surface area contributed by atoms with Crippen LogP contribution in [0, 0.1) is 0 Å². The molecule has 1 aromatic carbocycles. The molecular weight excluding hydrogens is 239 g/mol. The van der Waals surface area contributed by atoms with Crippen LogP contribution in [0.1, 0.15) is 15.9 Å². The van der Waals surface area contributed by atoms with Crippen molar-refractivity contribution in [1.29, 1.82) is 0 Å². The number of rotatable bonds is 2. The summed E-state index contributed by atoms with van der Waals surface area (Å²) in [6.07, 6.45) is -5.19. The molecule has 4 nitrogen and oxygen atoms in total. The summed E-state index contributed by atoms with van der Waals surface area (Å²) in [5.41, 5.74) is 5.84. The van der Waals surface area contributed by atoms with Gasteiger partial charge in [-0.15, -0.1) is 0 Å². The summed E-state index contributed by atoms with van der Waals surface area (Å²) in [4.78, 5) is 21.5. The molecule has 0 unspecified atom stereocenters. The van der Waals surface area contributed by atoms with Gasteiger partial charge < -0.3 is 10.5 Å². The summed E-state index contributed by atoms with van der Waals surface area (Å²) >= 11 is 0. The fourth-order valence-corrected chi connectivity index (χ4v) is 0.978. The van der Waals surface area contributed by atoms with Gasteiger partial charge in [-0.2, -0.15) is 13.2 Å². The molecule has 17 heavy (non-hydrogen) atoms. The monoisotopic (exact) mass is 247 g/mol. The highest BCUT2D eigenvalue weighted by Crippen LogP contribution is 2.17. The lowest BCUT2D eigenvalue weighted by atomic mass is 10.1. The molecule has 0 aliphatic heterocycles. The Morgan fingerprint density at radius 2 is 1.71 bits per heavy atom. The molecule has 2 N–H and O–H groups in total. The van der Waals surface area contributed by atoms with Crippen molar-refractivity contribution in [1.82, 2.24) is 0 Å². The van der Waals surface area contributed by atoms with E-state index in [9.17, 15) is 22.8 Å². The van der Waals surface area contributed by atoms with E-state index in [1.165, 1.54) is 24.3 Å². The molecule has 1 rings (SSSR count). The molecule has 92 valence electrons. The predicted octanol–water partition coefficient (Wildman–Crippen LogP) is 1.39. The zero-order chi connectivity index (χ0) is 13.1. The van der Waals surface area contributed by atoms with Crippen molar-refractivity contribution in [2.75, 3.05) is 0 Å². The number of hydrogen-bond acceptors (Lipinski definition) is 4. The third kappa shape index (κ3) is 3.56. The molecule has 0 aliphatic rings. The largest absolute Gasteiger partial charge is 0.491 e. The van der Waals surface area contributed by atoms with Gasteiger partial charge in [-0.3, -0.25) is 0 Å². The van der Waals surface area contributed by atoms with Crippen molar-refractivity contribution in [3.63, 3.8) is 0 Å². The van der Waals surface area contributed by atoms with E-state index >= 15 is 0 Å². The maximum absolute atomic E-state index is 11.8. The van der Waals surface area contributed by atoms with Crippen LogP contribution in [0.4, 0.5) is 13.2 Å². The normalized spacial score (nSPS) is 11.1. The predicted molar refractivity (Wildman–Crippen MR) is 50.8 cm³/mol. The van der Waals surface area contributed by atoms with Gasteiger partial charge in [0.15, 0.2) is 0 Å². The van der Waals surface area contributed by atoms with Crippen LogP contribution in [0.5, 0.6) is 0 Å². The van der Waals surface area contributed by atoms with Crippen molar-refractivity contribution >= 4 is 11.9 Å². The average Bonchev–Trinajstić information content (AvgIpc) is 2.27. The molecule has 0 radical (unpaired) electrons. The van der Waals surface area contributed by atoms with E-state index in [2.05, 4.69) is 4.74 Å². The van der Waals surface area contributed by atoms with E-state index in [1.807, 2.05) is 0 Å². The van der Waals surface area contributed by atoms with Gasteiger partial charge >= 0.3 is 18.1 Å². The summed E-state index contributed by atoms with van der Waals surface area (Å²) in [6.45, 7) is 0.233. The molecule has 0 fully saturated rings. The van der Waals surface area contributed by atoms with Crippen LogP contribution in [0.25, 0.3) is 0 Å². The van der Waals surface area contributed by atoms with Gasteiger partial charge in [-0.25, -0.2) is 9.59 Å². The first-order chi connectivity index (χ1) is 7.84. The van der Waals surface area contributed by atoms with E-state index in [1.54, 1.807) is 0 Å². The maximum Gasteiger partial charge on any atom is 0.491 e. The third-order valence-electron chi connectivity index (χ3n) is 1.84. The number of nitrogens with two attached hydrogens (primary N) is 1. The number of carbonyl (C=O) groups excluding carboxylic acids is 2. The molecule has 0 spiro atoms. The summed E-state index contributed by atoms with van der Waals surface area (Å²) in [5.74, 6) is -3.89. The van der Waals surface area contributed by atoms with E-state index in [-0.39, 0.29) is 12.1 Å². The average molecular weight is 247 g/mol. The Bertz CT molecular complexity index is 425. The van der Waals surface area contributed by atoms with Crippen LogP contribution in [-0.4, -0.2) is 18.1 Å². The number of halogens is 3. The zero-order valence-electron chi connectivity index (χ0n) is 8.45. The molecule has 0 bridgehead atoms. The Morgan fingerprint density at radius 3 is 2.12 bits per heavy atom. The van der Waals surface area contributed by atoms with Gasteiger partial charge in [-0.1, -0.05) is 12.1 Å². The minimum absolute atomic E-state index is 0.153. The molecule has 0 saturated carbocycles. The van der Waals surface area contributed by atoms with Crippen molar-refractivity contribution in [2.24, 2.45) is 5.73 Å². The Balaban J connectivity index is 2.73. The summed E-state index contributed by atoms with van der Waals surface area (Å²) in [6, 6.07) is 5.37. The second-order valence-electron chi connectivity index (χ2n) is 3.08. The number of ether oxygens (including phenoxy) is 1. The van der Waals surface area contributed by atoms with Crippen molar-refractivity contribution in [3.8, 4) is 0 Å². The standard InChI is InChI=1S/C10H8F3NO3/c11-10(12,13)9(16)17-8(15)7-3-1-6(5-14)2-4-7/h1-4H,5,14H2. The second-order valence-corrected chi connectivity index (χ2v) is 3.08. The first-order valence-electron chi connectivity index (χ1n) is 4.47. The lowest BCUT2D eigenvalue weighted by Crippen LogP contribution is -2.28. The molecule has 0 atom stereocenters. The summed E-state index contributed by atoms with van der Waals surface area (Å²) < 4.78 is 39.0. The van der Waals surface area contributed by atoms with Gasteiger partial charge in [0.1, 0.15) is 0 Å². The SMILES string of the molecule is NCc1ccc(C(=O)OC(=O)C(F)(F)F)cc1. The minimum Gasteiger partial charge on any atom is -0.383 e. The Hall–Kier alpha value is -1.89. The van der Waals surface area contributed by atoms with Crippen LogP contribution >= 0.6 is 0 Å². The fourth-order valence-electron chi connectivity index (χ4n) is 0.978. The fraction of sp³-hybridized carbons (Fsp3) is 0.200. The highest BCUT2D eigenvalue weighted by molar-refractivity contribution is 5.98. The number of carbonyl (C=O) groups is 2. The van der Waals surface area contributed by atoms with Gasteiger partial charge in [-0.05, 0) is 17.7 Å². The number of esters is 2. The maximum atomic E-state index is 11.8. The third-order valence-corrected chi connectivity index (χ3v) is 1.84. The Kier molecular flexibility index (Phi) is 3.84. The van der Waals surface area contributed by atoms with Gasteiger partial charge in [0, 0.05) is 6.54 Å². The van der Waals surface area contributed by atoms with Crippen LogP contribution < -0.4 is 5.73 Å². The van der Waals surface area contributed by atoms with Crippen LogP contribution in [0.15, 0.2) is 24.3 Å². The van der Waals surface area contributed by atoms with E-state index in [4.69, 9.17) is 5.73 Å². The van der Waals surface area contributed by atoms with Crippen molar-refractivity contribution in [2.45, 2.75) is 12.7 Å². The van der Waals surface area contributed by atoms with E-state index in [0.717, 1.165) is 0 Å². The number of alkyl halides is 3. The lowest BCUT2D eigenvalue weighted by Gasteiger charge is -2.05.